The van der Waals surface area contributed by atoms with Crippen LogP contribution in [0.1, 0.15) is 68.4 Å². The maximum Gasteiger partial charge on any atom is 0.258 e. The summed E-state index contributed by atoms with van der Waals surface area (Å²) < 4.78 is 35.4. The minimum Gasteiger partial charge on any atom is -0.493 e. The van der Waals surface area contributed by atoms with Crippen molar-refractivity contribution < 1.29 is 38.4 Å². The molecule has 3 unspecified atom stereocenters. The lowest BCUT2D eigenvalue weighted by molar-refractivity contribution is -0.151. The fraction of sp³-hybridized carbons (Fsp3) is 0.400. The van der Waals surface area contributed by atoms with Crippen LogP contribution in [0.5, 0.6) is 28.7 Å². The molecule has 4 rings (SSSR count). The van der Waals surface area contributed by atoms with Crippen molar-refractivity contribution in [3.63, 3.8) is 0 Å². The number of carbonyl (C=O) groups is 1. The molecule has 0 aromatic heterocycles. The molecule has 12 heteroatoms. The predicted molar refractivity (Wildman–Crippen MR) is 182 cm³/mol. The van der Waals surface area contributed by atoms with Gasteiger partial charge in [0.25, 0.3) is 5.91 Å². The van der Waals surface area contributed by atoms with Crippen molar-refractivity contribution in [2.75, 3.05) is 28.4 Å². The Morgan fingerprint density at radius 3 is 2.09 bits per heavy atom. The molecule has 1 heterocycles. The Morgan fingerprint density at radius 1 is 0.936 bits per heavy atom. The summed E-state index contributed by atoms with van der Waals surface area (Å²) in [5.74, 6) is 5.07. The maximum atomic E-state index is 12.1. The van der Waals surface area contributed by atoms with Gasteiger partial charge < -0.3 is 28.4 Å². The Morgan fingerprint density at radius 2 is 1.53 bits per heavy atom. The summed E-state index contributed by atoms with van der Waals surface area (Å²) in [6.07, 6.45) is 2.00. The number of benzene rings is 3. The number of methoxy groups -OCH3 is 4. The number of hydroxylamine groups is 2. The highest BCUT2D eigenvalue weighted by molar-refractivity contribution is 7.99. The number of halogens is 2. The van der Waals surface area contributed by atoms with Crippen LogP contribution in [0.2, 0.25) is 10.0 Å². The molecule has 3 aromatic rings. The first kappa shape index (κ1) is 36.4. The monoisotopic (exact) mass is 703 g/mol. The Kier molecular flexibility index (Phi) is 13.2. The lowest BCUT2D eigenvalue weighted by atomic mass is 9.99. The van der Waals surface area contributed by atoms with Crippen molar-refractivity contribution in [3.8, 4) is 40.7 Å². The van der Waals surface area contributed by atoms with Crippen LogP contribution >= 0.6 is 35.0 Å². The molecule has 1 N–H and O–H groups in total. The molecule has 3 aromatic carbocycles. The van der Waals surface area contributed by atoms with Crippen molar-refractivity contribution in [3.05, 3.63) is 69.2 Å². The standard InChI is InChI=1S/C35H39Cl2NO8S/c1-7-9-33(39)38(40)15-8-10-22-16-23(17-30(41-3)34(22)45-21(2)47-25-11-12-26(36)27(37)20-25)28-13-14-29(46-28)24-18-31(42-4)35(44-6)32(19-24)43-5/h11-12,16-21,28-29,40H,7,9-10,13-14H2,1-6H3. The molecule has 0 bridgehead atoms. The van der Waals surface area contributed by atoms with E-state index in [1.807, 2.05) is 44.2 Å². The SMILES string of the molecule is CCCC(=O)N(O)C#CCc1cc(C2CCC(c3cc(OC)c(OC)c(OC)c3)O2)cc(OC)c1OC(C)Sc1ccc(Cl)c(Cl)c1. The van der Waals surface area contributed by atoms with Gasteiger partial charge in [-0.1, -0.05) is 47.8 Å². The number of nitrogens with zero attached hydrogens (tertiary/aromatic N) is 1. The molecule has 1 aliphatic heterocycles. The van der Waals surface area contributed by atoms with Gasteiger partial charge >= 0.3 is 0 Å². The number of hydrogen-bond acceptors (Lipinski definition) is 9. The predicted octanol–water partition coefficient (Wildman–Crippen LogP) is 8.66. The van der Waals surface area contributed by atoms with Crippen molar-refractivity contribution >= 4 is 40.9 Å². The van der Waals surface area contributed by atoms with Crippen LogP contribution in [0.4, 0.5) is 0 Å². The third-order valence-corrected chi connectivity index (χ3v) is 9.16. The fourth-order valence-electron chi connectivity index (χ4n) is 5.22. The van der Waals surface area contributed by atoms with Crippen LogP contribution in [0, 0.1) is 12.0 Å². The zero-order chi connectivity index (χ0) is 34.1. The number of amides is 1. The molecule has 0 saturated carbocycles. The Hall–Kier alpha value is -3.46. The van der Waals surface area contributed by atoms with E-state index < -0.39 is 5.91 Å². The summed E-state index contributed by atoms with van der Waals surface area (Å²) in [6.45, 7) is 3.77. The van der Waals surface area contributed by atoms with Crippen LogP contribution in [-0.4, -0.2) is 50.1 Å². The minimum atomic E-state index is -0.466. The number of hydrogen-bond donors (Lipinski definition) is 1. The highest BCUT2D eigenvalue weighted by Crippen LogP contribution is 2.48. The molecular weight excluding hydrogens is 665 g/mol. The van der Waals surface area contributed by atoms with E-state index in [0.717, 1.165) is 28.9 Å². The van der Waals surface area contributed by atoms with Crippen molar-refractivity contribution in [2.24, 2.45) is 0 Å². The third kappa shape index (κ3) is 9.12. The average Bonchev–Trinajstić information content (AvgIpc) is 3.56. The first-order valence-electron chi connectivity index (χ1n) is 15.1. The van der Waals surface area contributed by atoms with E-state index in [-0.39, 0.29) is 30.5 Å². The highest BCUT2D eigenvalue weighted by Gasteiger charge is 2.31. The Bertz CT molecular complexity index is 1600. The molecule has 0 aliphatic carbocycles. The van der Waals surface area contributed by atoms with Gasteiger partial charge in [0.2, 0.25) is 5.75 Å². The zero-order valence-corrected chi connectivity index (χ0v) is 29.6. The van der Waals surface area contributed by atoms with Crippen LogP contribution in [0.25, 0.3) is 0 Å². The number of thioether (sulfide) groups is 1. The van der Waals surface area contributed by atoms with Gasteiger partial charge in [-0.3, -0.25) is 10.0 Å². The highest BCUT2D eigenvalue weighted by atomic mass is 35.5. The molecule has 3 atom stereocenters. The first-order valence-corrected chi connectivity index (χ1v) is 16.7. The third-order valence-electron chi connectivity index (χ3n) is 7.47. The van der Waals surface area contributed by atoms with Crippen LogP contribution in [-0.2, 0) is 16.0 Å². The van der Waals surface area contributed by atoms with E-state index in [0.29, 0.717) is 55.8 Å². The van der Waals surface area contributed by atoms with Crippen LogP contribution < -0.4 is 23.7 Å². The second-order valence-electron chi connectivity index (χ2n) is 10.7. The van der Waals surface area contributed by atoms with Crippen molar-refractivity contribution in [2.45, 2.75) is 68.5 Å². The first-order chi connectivity index (χ1) is 22.6. The van der Waals surface area contributed by atoms with Gasteiger partial charge in [-0.05, 0) is 79.8 Å². The van der Waals surface area contributed by atoms with E-state index in [1.165, 1.54) is 11.8 Å². The lowest BCUT2D eigenvalue weighted by Gasteiger charge is -2.22. The van der Waals surface area contributed by atoms with Crippen LogP contribution in [0.15, 0.2) is 47.4 Å². The van der Waals surface area contributed by atoms with E-state index in [9.17, 15) is 10.0 Å². The number of ether oxygens (including phenoxy) is 6. The summed E-state index contributed by atoms with van der Waals surface area (Å²) >= 11 is 13.8. The quantitative estimate of drug-likeness (QED) is 0.0469. The summed E-state index contributed by atoms with van der Waals surface area (Å²) in [5, 5.41) is 11.5. The van der Waals surface area contributed by atoms with Gasteiger partial charge in [0.05, 0.1) is 50.7 Å². The Balaban J connectivity index is 1.64. The van der Waals surface area contributed by atoms with Gasteiger partial charge in [-0.2, -0.15) is 0 Å². The van der Waals surface area contributed by atoms with Crippen LogP contribution in [0.3, 0.4) is 0 Å². The molecule has 0 spiro atoms. The molecular formula is C35H39Cl2NO8S. The zero-order valence-electron chi connectivity index (χ0n) is 27.2. The average molecular weight is 705 g/mol. The Labute approximate surface area is 290 Å². The normalized spacial score (nSPS) is 16.1. The second-order valence-corrected chi connectivity index (χ2v) is 12.8. The summed E-state index contributed by atoms with van der Waals surface area (Å²) in [4.78, 5) is 13.0. The largest absolute Gasteiger partial charge is 0.493 e. The molecule has 252 valence electrons. The van der Waals surface area contributed by atoms with E-state index in [2.05, 4.69) is 12.0 Å². The van der Waals surface area contributed by atoms with Gasteiger partial charge in [0.1, 0.15) is 5.44 Å². The molecule has 9 nitrogen and oxygen atoms in total. The topological polar surface area (TPSA) is 95.9 Å². The van der Waals surface area contributed by atoms with E-state index in [4.69, 9.17) is 51.6 Å². The summed E-state index contributed by atoms with van der Waals surface area (Å²) in [7, 11) is 6.31. The van der Waals surface area contributed by atoms with Gasteiger partial charge in [-0.25, -0.2) is 0 Å². The van der Waals surface area contributed by atoms with E-state index in [1.54, 1.807) is 40.6 Å². The number of carbonyl (C=O) groups excluding carboxylic acids is 1. The van der Waals surface area contributed by atoms with Crippen molar-refractivity contribution in [1.82, 2.24) is 5.06 Å². The molecule has 1 aliphatic rings. The van der Waals surface area contributed by atoms with Gasteiger partial charge in [-0.15, -0.1) is 5.06 Å². The molecule has 1 saturated heterocycles. The van der Waals surface area contributed by atoms with Crippen molar-refractivity contribution in [1.29, 1.82) is 0 Å². The maximum absolute atomic E-state index is 12.1. The molecule has 1 amide bonds. The lowest BCUT2D eigenvalue weighted by Crippen LogP contribution is -2.21. The fourth-order valence-corrected chi connectivity index (χ4v) is 6.45. The molecule has 0 radical (unpaired) electrons. The number of rotatable bonds is 13. The van der Waals surface area contributed by atoms with Gasteiger partial charge in [0, 0.05) is 29.3 Å². The smallest absolute Gasteiger partial charge is 0.258 e. The van der Waals surface area contributed by atoms with E-state index >= 15 is 0 Å². The second kappa shape index (κ2) is 17.1. The van der Waals surface area contributed by atoms with Gasteiger partial charge in [0.15, 0.2) is 23.0 Å². The molecule has 47 heavy (non-hydrogen) atoms. The molecule has 1 fully saturated rings. The minimum absolute atomic E-state index is 0.170. The summed E-state index contributed by atoms with van der Waals surface area (Å²) in [6, 6.07) is 15.6. The summed E-state index contributed by atoms with van der Waals surface area (Å²) in [5.41, 5.74) is 2.15.